The summed E-state index contributed by atoms with van der Waals surface area (Å²) in [6.45, 7) is 24.7. The molecule has 0 spiro atoms. The number of benzene rings is 10. The maximum Gasteiger partial charge on any atom is 0.330 e. The summed E-state index contributed by atoms with van der Waals surface area (Å²) in [5, 5.41) is 15.7. The van der Waals surface area contributed by atoms with Gasteiger partial charge in [0.25, 0.3) is 0 Å². The summed E-state index contributed by atoms with van der Waals surface area (Å²) < 4.78 is 5.58. The first-order valence-corrected chi connectivity index (χ1v) is 24.4. The van der Waals surface area contributed by atoms with Crippen molar-refractivity contribution < 1.29 is 9.53 Å². The highest BCUT2D eigenvalue weighted by Gasteiger charge is 2.41. The van der Waals surface area contributed by atoms with Crippen molar-refractivity contribution in [1.29, 1.82) is 0 Å². The summed E-state index contributed by atoms with van der Waals surface area (Å²) in [6, 6.07) is 51.8. The summed E-state index contributed by atoms with van der Waals surface area (Å²) in [5.41, 5.74) is 12.5. The summed E-state index contributed by atoms with van der Waals surface area (Å²) in [7, 11) is 0. The highest BCUT2D eigenvalue weighted by Crippen LogP contribution is 2.55. The molecule has 0 saturated carbocycles. The third kappa shape index (κ3) is 6.85. The minimum absolute atomic E-state index is 0.0600. The normalized spacial score (nSPS) is 14.1. The summed E-state index contributed by atoms with van der Waals surface area (Å²) in [6.07, 6.45) is 7.21. The van der Waals surface area contributed by atoms with E-state index in [1.807, 2.05) is 0 Å². The van der Waals surface area contributed by atoms with E-state index in [1.54, 1.807) is 0 Å². The van der Waals surface area contributed by atoms with Crippen LogP contribution in [-0.2, 0) is 25.8 Å². The van der Waals surface area contributed by atoms with E-state index >= 15 is 0 Å². The van der Waals surface area contributed by atoms with Crippen LogP contribution < -0.4 is 0 Å². The van der Waals surface area contributed by atoms with Gasteiger partial charge in [0.15, 0.2) is 0 Å². The van der Waals surface area contributed by atoms with Gasteiger partial charge in [-0.1, -0.05) is 195 Å². The fraction of sp³-hybridized carbons (Fsp3) is 0.246. The molecule has 1 aliphatic carbocycles. The third-order valence-corrected chi connectivity index (χ3v) is 15.6. The van der Waals surface area contributed by atoms with Gasteiger partial charge in [-0.15, -0.1) is 6.58 Å². The van der Waals surface area contributed by atoms with Crippen LogP contribution in [0, 0.1) is 5.92 Å². The van der Waals surface area contributed by atoms with Crippen LogP contribution in [0.1, 0.15) is 96.4 Å². The van der Waals surface area contributed by atoms with Gasteiger partial charge in [0.2, 0.25) is 0 Å². The van der Waals surface area contributed by atoms with Crippen molar-refractivity contribution >= 4 is 70.6 Å². The topological polar surface area (TPSA) is 26.3 Å². The Bertz CT molecular complexity index is 3370. The molecule has 0 bridgehead atoms. The van der Waals surface area contributed by atoms with Gasteiger partial charge in [-0.05, 0) is 162 Å². The van der Waals surface area contributed by atoms with Crippen molar-refractivity contribution in [3.8, 4) is 33.4 Å². The zero-order valence-corrected chi connectivity index (χ0v) is 40.2. The molecule has 1 atom stereocenters. The molecular formula is C65H60O2. The predicted octanol–water partition coefficient (Wildman–Crippen LogP) is 17.8. The second-order valence-corrected chi connectivity index (χ2v) is 21.6. The van der Waals surface area contributed by atoms with Crippen LogP contribution in [0.15, 0.2) is 159 Å². The Morgan fingerprint density at radius 1 is 0.552 bits per heavy atom. The van der Waals surface area contributed by atoms with Crippen molar-refractivity contribution in [2.24, 2.45) is 5.92 Å². The molecule has 0 N–H and O–H groups in total. The van der Waals surface area contributed by atoms with E-state index in [2.05, 4.69) is 201 Å². The third-order valence-electron chi connectivity index (χ3n) is 15.6. The van der Waals surface area contributed by atoms with E-state index in [9.17, 15) is 4.79 Å². The number of allylic oxidation sites excluding steroid dienone is 1. The molecule has 0 aromatic heterocycles. The molecule has 10 aromatic carbocycles. The number of carbonyl (C=O) groups excluding carboxylic acids is 1. The molecule has 0 radical (unpaired) electrons. The number of fused-ring (bicyclic) bond motifs is 3. The summed E-state index contributed by atoms with van der Waals surface area (Å²) in [5.74, 6) is -0.0975. The minimum atomic E-state index is -0.437. The Labute approximate surface area is 395 Å². The van der Waals surface area contributed by atoms with Gasteiger partial charge < -0.3 is 4.74 Å². The predicted molar refractivity (Wildman–Crippen MR) is 287 cm³/mol. The van der Waals surface area contributed by atoms with Gasteiger partial charge >= 0.3 is 5.97 Å². The Hall–Kier alpha value is -6.77. The van der Waals surface area contributed by atoms with Crippen LogP contribution in [-0.4, -0.2) is 12.6 Å². The zero-order valence-electron chi connectivity index (χ0n) is 40.2. The second-order valence-electron chi connectivity index (χ2n) is 21.6. The first-order chi connectivity index (χ1) is 32.2. The Morgan fingerprint density at radius 3 is 1.39 bits per heavy atom. The summed E-state index contributed by atoms with van der Waals surface area (Å²) in [4.78, 5) is 12.1. The molecule has 2 nitrogen and oxygen atoms in total. The van der Waals surface area contributed by atoms with Gasteiger partial charge in [0, 0.05) is 11.5 Å². The summed E-state index contributed by atoms with van der Waals surface area (Å²) >= 11 is 0. The molecular weight excluding hydrogens is 813 g/mol. The van der Waals surface area contributed by atoms with Crippen molar-refractivity contribution in [3.63, 3.8) is 0 Å². The zero-order chi connectivity index (χ0) is 46.6. The van der Waals surface area contributed by atoms with Crippen molar-refractivity contribution in [3.05, 3.63) is 181 Å². The van der Waals surface area contributed by atoms with E-state index in [-0.39, 0.29) is 22.7 Å². The van der Waals surface area contributed by atoms with Gasteiger partial charge in [-0.3, -0.25) is 0 Å². The lowest BCUT2D eigenvalue weighted by Gasteiger charge is -2.30. The van der Waals surface area contributed by atoms with Gasteiger partial charge in [-0.25, -0.2) is 4.79 Å². The van der Waals surface area contributed by atoms with Crippen LogP contribution in [0.3, 0.4) is 0 Å². The van der Waals surface area contributed by atoms with Gasteiger partial charge in [-0.2, -0.15) is 0 Å². The SMILES string of the molecule is C=CC(=O)OCC(CC)CCCC1(C=C)c2cc(-c3ccc4ccc5cc(C(C)(C)C)cc6ccc3c4c56)ccc2-c2ccc(-c3ccc4ccc5cc(C(C)(C)C)cc6ccc3c4c56)cc21. The monoisotopic (exact) mass is 872 g/mol. The maximum atomic E-state index is 12.1. The molecule has 0 heterocycles. The first kappa shape index (κ1) is 42.8. The standard InChI is InChI=1S/C65H60O2/c1-10-39(38-67-58(66)11-2)14-13-31-65(12-3)56-36-42(50-25-19-40-15-17-44-32-48(63(4,5)6)34-46-23-29-54(50)61(40)59(44)46)21-27-52(56)53-28-22-43(37-57(53)65)51-26-20-41-16-18-45-33-49(64(7,8)9)35-47-24-30-55(51)62(41)60(45)47/h11-12,15-30,32-37,39H,2-3,10,13-14,31,38H2,1,4-9H3. The van der Waals surface area contributed by atoms with Crippen molar-refractivity contribution in [1.82, 2.24) is 0 Å². The molecule has 332 valence electrons. The molecule has 1 unspecified atom stereocenters. The molecule has 0 aliphatic heterocycles. The Kier molecular flexibility index (Phi) is 10.0. The minimum Gasteiger partial charge on any atom is -0.462 e. The van der Waals surface area contributed by atoms with E-state index < -0.39 is 5.41 Å². The van der Waals surface area contributed by atoms with E-state index in [0.717, 1.165) is 25.7 Å². The lowest BCUT2D eigenvalue weighted by Crippen LogP contribution is -2.23. The number of hydrogen-bond donors (Lipinski definition) is 0. The number of ether oxygens (including phenoxy) is 1. The smallest absolute Gasteiger partial charge is 0.330 e. The highest BCUT2D eigenvalue weighted by atomic mass is 16.5. The second kappa shape index (κ2) is 15.7. The quantitative estimate of drug-likeness (QED) is 0.0560. The molecule has 2 heteroatoms. The van der Waals surface area contributed by atoms with E-state index in [0.29, 0.717) is 6.61 Å². The van der Waals surface area contributed by atoms with Crippen LogP contribution in [0.5, 0.6) is 0 Å². The lowest BCUT2D eigenvalue weighted by atomic mass is 9.73. The Morgan fingerprint density at radius 2 is 0.970 bits per heavy atom. The molecule has 0 amide bonds. The van der Waals surface area contributed by atoms with Crippen LogP contribution in [0.4, 0.5) is 0 Å². The highest BCUT2D eigenvalue weighted by molar-refractivity contribution is 6.27. The first-order valence-electron chi connectivity index (χ1n) is 24.4. The number of rotatable bonds is 11. The van der Waals surface area contributed by atoms with Crippen LogP contribution in [0.2, 0.25) is 0 Å². The van der Waals surface area contributed by atoms with Gasteiger partial charge in [0.05, 0.1) is 6.61 Å². The van der Waals surface area contributed by atoms with Gasteiger partial charge in [0.1, 0.15) is 0 Å². The van der Waals surface area contributed by atoms with Crippen LogP contribution in [0.25, 0.3) is 98.0 Å². The number of hydrogen-bond acceptors (Lipinski definition) is 2. The molecule has 1 aliphatic rings. The van der Waals surface area contributed by atoms with E-state index in [4.69, 9.17) is 4.74 Å². The van der Waals surface area contributed by atoms with Crippen molar-refractivity contribution in [2.75, 3.05) is 6.61 Å². The fourth-order valence-corrected chi connectivity index (χ4v) is 11.7. The maximum absolute atomic E-state index is 12.1. The average Bonchev–Trinajstić information content (AvgIpc) is 3.60. The largest absolute Gasteiger partial charge is 0.462 e. The van der Waals surface area contributed by atoms with E-state index in [1.165, 1.54) is 126 Å². The fourth-order valence-electron chi connectivity index (χ4n) is 11.7. The molecule has 0 fully saturated rings. The van der Waals surface area contributed by atoms with Crippen LogP contribution >= 0.6 is 0 Å². The molecule has 0 saturated heterocycles. The Balaban J connectivity index is 1.05. The number of carbonyl (C=O) groups is 1. The molecule has 11 rings (SSSR count). The average molecular weight is 873 g/mol. The number of esters is 1. The van der Waals surface area contributed by atoms with Crippen molar-refractivity contribution in [2.45, 2.75) is 90.4 Å². The molecule has 67 heavy (non-hydrogen) atoms. The lowest BCUT2D eigenvalue weighted by molar-refractivity contribution is -0.139. The molecule has 10 aromatic rings.